The van der Waals surface area contributed by atoms with Gasteiger partial charge in [0.05, 0.1) is 16.8 Å². The zero-order chi connectivity index (χ0) is 22.7. The van der Waals surface area contributed by atoms with E-state index in [9.17, 15) is 9.59 Å². The van der Waals surface area contributed by atoms with Crippen LogP contribution in [0.5, 0.6) is 0 Å². The number of hydrogen-bond acceptors (Lipinski definition) is 2. The Balaban J connectivity index is 1.68. The molecule has 0 fully saturated rings. The Bertz CT molecular complexity index is 1630. The molecule has 3 heterocycles. The van der Waals surface area contributed by atoms with Gasteiger partial charge in [-0.25, -0.2) is 4.90 Å². The number of carbonyl (C=O) groups excluding carboxylic acids is 2. The molecule has 5 aromatic rings. The lowest BCUT2D eigenvalue weighted by atomic mass is 9.95. The average molecular weight is 496 g/mol. The first-order valence-corrected chi connectivity index (χ1v) is 11.3. The number of nitrogens with zero attached hydrogens (tertiary/aromatic N) is 2. The van der Waals surface area contributed by atoms with Gasteiger partial charge >= 0.3 is 0 Å². The van der Waals surface area contributed by atoms with Crippen molar-refractivity contribution in [3.05, 3.63) is 101 Å². The lowest BCUT2D eigenvalue weighted by Crippen LogP contribution is -2.31. The van der Waals surface area contributed by atoms with Crippen LogP contribution in [0.15, 0.2) is 89.7 Å². The third-order valence-electron chi connectivity index (χ3n) is 6.18. The number of benzene rings is 3. The Morgan fingerprint density at radius 1 is 0.788 bits per heavy atom. The van der Waals surface area contributed by atoms with Gasteiger partial charge in [0.25, 0.3) is 11.8 Å². The molecular formula is C27H18BrN3O2. The number of aromatic nitrogens is 2. The van der Waals surface area contributed by atoms with Crippen LogP contribution in [0, 0.1) is 0 Å². The van der Waals surface area contributed by atoms with E-state index in [4.69, 9.17) is 0 Å². The minimum absolute atomic E-state index is 0.318. The van der Waals surface area contributed by atoms with Crippen LogP contribution in [-0.4, -0.2) is 21.4 Å². The van der Waals surface area contributed by atoms with E-state index < -0.39 is 0 Å². The molecule has 0 saturated carbocycles. The minimum Gasteiger partial charge on any atom is -0.361 e. The van der Waals surface area contributed by atoms with Gasteiger partial charge in [0.2, 0.25) is 0 Å². The maximum absolute atomic E-state index is 13.9. The summed E-state index contributed by atoms with van der Waals surface area (Å²) >= 11 is 3.54. The molecular weight excluding hydrogens is 478 g/mol. The Morgan fingerprint density at radius 2 is 1.48 bits per heavy atom. The summed E-state index contributed by atoms with van der Waals surface area (Å²) in [5, 5.41) is 1.82. The number of aryl methyl sites for hydroxylation is 1. The highest BCUT2D eigenvalue weighted by Crippen LogP contribution is 2.42. The molecule has 0 spiro atoms. The van der Waals surface area contributed by atoms with Crippen molar-refractivity contribution < 1.29 is 9.59 Å². The van der Waals surface area contributed by atoms with Crippen molar-refractivity contribution in [2.45, 2.75) is 0 Å². The Morgan fingerprint density at radius 3 is 2.27 bits per heavy atom. The molecule has 0 unspecified atom stereocenters. The smallest absolute Gasteiger partial charge is 0.266 e. The summed E-state index contributed by atoms with van der Waals surface area (Å²) in [5.41, 5.74) is 4.75. The normalized spacial score (nSPS) is 14.3. The first-order valence-electron chi connectivity index (χ1n) is 10.5. The molecule has 5 nitrogen and oxygen atoms in total. The zero-order valence-corrected chi connectivity index (χ0v) is 19.3. The average Bonchev–Trinajstić information content (AvgIpc) is 3.46. The van der Waals surface area contributed by atoms with Crippen LogP contribution in [0.4, 0.5) is 5.69 Å². The van der Waals surface area contributed by atoms with Crippen LogP contribution >= 0.6 is 15.9 Å². The number of imide groups is 1. The van der Waals surface area contributed by atoms with Crippen molar-refractivity contribution in [2.24, 2.45) is 7.05 Å². The van der Waals surface area contributed by atoms with Crippen LogP contribution in [0.25, 0.3) is 33.0 Å². The fourth-order valence-electron chi connectivity index (χ4n) is 4.68. The third kappa shape index (κ3) is 2.91. The van der Waals surface area contributed by atoms with Gasteiger partial charge < -0.3 is 9.55 Å². The second kappa shape index (κ2) is 7.32. The monoisotopic (exact) mass is 495 g/mol. The maximum atomic E-state index is 13.9. The molecule has 2 aromatic heterocycles. The summed E-state index contributed by atoms with van der Waals surface area (Å²) in [7, 11) is 1.95. The fourth-order valence-corrected chi connectivity index (χ4v) is 5.04. The molecule has 3 aromatic carbocycles. The summed E-state index contributed by atoms with van der Waals surface area (Å²) < 4.78 is 2.89. The minimum atomic E-state index is -0.324. The van der Waals surface area contributed by atoms with Crippen LogP contribution < -0.4 is 4.90 Å². The largest absolute Gasteiger partial charge is 0.361 e. The molecule has 1 N–H and O–H groups in total. The molecule has 1 aliphatic rings. The van der Waals surface area contributed by atoms with E-state index in [-0.39, 0.29) is 11.8 Å². The molecule has 0 aliphatic carbocycles. The van der Waals surface area contributed by atoms with E-state index in [2.05, 4.69) is 20.9 Å². The van der Waals surface area contributed by atoms with E-state index in [1.54, 1.807) is 12.1 Å². The van der Waals surface area contributed by atoms with Gasteiger partial charge in [-0.05, 0) is 36.4 Å². The highest BCUT2D eigenvalue weighted by molar-refractivity contribution is 9.10. The molecule has 2 amide bonds. The highest BCUT2D eigenvalue weighted by Gasteiger charge is 2.42. The Hall–Kier alpha value is -3.90. The fraction of sp³-hybridized carbons (Fsp3) is 0.0370. The summed E-state index contributed by atoms with van der Waals surface area (Å²) in [6.07, 6.45) is 3.75. The SMILES string of the molecule is Cn1cc(C2=C(c3c[nH]c4ccc(Br)cc34)C(=O)N(c3ccccc3)C2=O)c2ccccc21. The van der Waals surface area contributed by atoms with Crippen LogP contribution in [0.1, 0.15) is 11.1 Å². The Kier molecular flexibility index (Phi) is 4.38. The van der Waals surface area contributed by atoms with Gasteiger partial charge in [-0.15, -0.1) is 0 Å². The first-order chi connectivity index (χ1) is 16.0. The number of carbonyl (C=O) groups is 2. The lowest BCUT2D eigenvalue weighted by Gasteiger charge is -2.15. The molecule has 0 radical (unpaired) electrons. The van der Waals surface area contributed by atoms with E-state index in [0.29, 0.717) is 22.4 Å². The zero-order valence-electron chi connectivity index (χ0n) is 17.7. The van der Waals surface area contributed by atoms with Gasteiger partial charge in [0.1, 0.15) is 0 Å². The molecule has 33 heavy (non-hydrogen) atoms. The molecule has 0 saturated heterocycles. The van der Waals surface area contributed by atoms with Gasteiger partial charge in [-0.3, -0.25) is 9.59 Å². The van der Waals surface area contributed by atoms with Crippen molar-refractivity contribution >= 4 is 66.4 Å². The lowest BCUT2D eigenvalue weighted by molar-refractivity contribution is -0.119. The topological polar surface area (TPSA) is 58.1 Å². The number of nitrogens with one attached hydrogen (secondary N) is 1. The molecule has 0 bridgehead atoms. The maximum Gasteiger partial charge on any atom is 0.266 e. The predicted octanol–water partition coefficient (Wildman–Crippen LogP) is 5.91. The quantitative estimate of drug-likeness (QED) is 0.316. The van der Waals surface area contributed by atoms with Crippen LogP contribution in [0.2, 0.25) is 0 Å². The summed E-state index contributed by atoms with van der Waals surface area (Å²) in [5.74, 6) is -0.642. The summed E-state index contributed by atoms with van der Waals surface area (Å²) in [6.45, 7) is 0. The van der Waals surface area contributed by atoms with E-state index in [1.165, 1.54) is 4.90 Å². The number of hydrogen-bond donors (Lipinski definition) is 1. The number of anilines is 1. The van der Waals surface area contributed by atoms with Crippen molar-refractivity contribution in [3.8, 4) is 0 Å². The van der Waals surface area contributed by atoms with Crippen molar-refractivity contribution in [1.82, 2.24) is 9.55 Å². The summed E-state index contributed by atoms with van der Waals surface area (Å²) in [4.78, 5) is 32.3. The van der Waals surface area contributed by atoms with Crippen LogP contribution in [0.3, 0.4) is 0 Å². The number of H-pyrrole nitrogens is 1. The third-order valence-corrected chi connectivity index (χ3v) is 6.67. The van der Waals surface area contributed by atoms with E-state index in [0.717, 1.165) is 31.8 Å². The number of para-hydroxylation sites is 2. The number of halogens is 1. The number of amides is 2. The molecule has 0 atom stereocenters. The van der Waals surface area contributed by atoms with Gasteiger partial charge in [0, 0.05) is 56.8 Å². The number of rotatable bonds is 3. The van der Waals surface area contributed by atoms with Crippen LogP contribution in [-0.2, 0) is 16.6 Å². The summed E-state index contributed by atoms with van der Waals surface area (Å²) in [6, 6.07) is 22.9. The molecule has 1 aliphatic heterocycles. The van der Waals surface area contributed by atoms with E-state index in [1.807, 2.05) is 84.7 Å². The second-order valence-corrected chi connectivity index (χ2v) is 9.01. The highest BCUT2D eigenvalue weighted by atomic mass is 79.9. The molecule has 6 heteroatoms. The molecule has 6 rings (SSSR count). The standard InChI is InChI=1S/C27H18BrN3O2/c1-30-15-21(18-9-5-6-10-23(18)30)25-24(20-14-29-22-12-11-16(28)13-19(20)22)26(32)31(27(25)33)17-7-3-2-4-8-17/h2-15,29H,1H3. The predicted molar refractivity (Wildman–Crippen MR) is 135 cm³/mol. The van der Waals surface area contributed by atoms with E-state index >= 15 is 0 Å². The number of aromatic amines is 1. The van der Waals surface area contributed by atoms with Crippen molar-refractivity contribution in [3.63, 3.8) is 0 Å². The number of fused-ring (bicyclic) bond motifs is 2. The van der Waals surface area contributed by atoms with Crippen molar-refractivity contribution in [1.29, 1.82) is 0 Å². The van der Waals surface area contributed by atoms with Gasteiger partial charge in [-0.1, -0.05) is 52.3 Å². The Labute approximate surface area is 198 Å². The second-order valence-electron chi connectivity index (χ2n) is 8.09. The van der Waals surface area contributed by atoms with Crippen molar-refractivity contribution in [2.75, 3.05) is 4.90 Å². The first kappa shape index (κ1) is 19.8. The van der Waals surface area contributed by atoms with Gasteiger partial charge in [-0.2, -0.15) is 0 Å². The van der Waals surface area contributed by atoms with Gasteiger partial charge in [0.15, 0.2) is 0 Å². The molecule has 160 valence electrons.